The second-order valence-corrected chi connectivity index (χ2v) is 5.64. The molecule has 25 heavy (non-hydrogen) atoms. The summed E-state index contributed by atoms with van der Waals surface area (Å²) < 4.78 is 19.0. The number of hydrogen-bond acceptors (Lipinski definition) is 10. The smallest absolute Gasteiger partial charge is 0.348 e. The zero-order chi connectivity index (χ0) is 19.0. The molecule has 1 heterocycles. The van der Waals surface area contributed by atoms with Gasteiger partial charge < -0.3 is 23.8 Å². The van der Waals surface area contributed by atoms with E-state index in [2.05, 4.69) is 9.47 Å². The fourth-order valence-corrected chi connectivity index (χ4v) is 3.16. The molecule has 1 aromatic heterocycles. The quantitative estimate of drug-likeness (QED) is 0.370. The molecule has 0 saturated carbocycles. The van der Waals surface area contributed by atoms with Gasteiger partial charge in [-0.15, -0.1) is 11.3 Å². The summed E-state index contributed by atoms with van der Waals surface area (Å²) in [5.41, 5.74) is 0.268. The van der Waals surface area contributed by atoms with Crippen LogP contribution in [0.25, 0.3) is 0 Å². The summed E-state index contributed by atoms with van der Waals surface area (Å²) in [5, 5.41) is 9.83. The average Bonchev–Trinajstić information content (AvgIpc) is 2.98. The molecule has 0 aromatic carbocycles. The molecule has 0 unspecified atom stereocenters. The van der Waals surface area contributed by atoms with Crippen molar-refractivity contribution >= 4 is 34.2 Å². The van der Waals surface area contributed by atoms with Gasteiger partial charge in [-0.25, -0.2) is 4.79 Å². The van der Waals surface area contributed by atoms with E-state index < -0.39 is 17.9 Å². The molecule has 1 rings (SSSR count). The van der Waals surface area contributed by atoms with Crippen LogP contribution in [0.5, 0.6) is 0 Å². The Kier molecular flexibility index (Phi) is 7.84. The van der Waals surface area contributed by atoms with Gasteiger partial charge in [-0.1, -0.05) is 0 Å². The standard InChI is InChI=1S/C15H18N2O7S/c1-21-8-17(7-12(19)23-3)14-10(6-16)9(5-11(18)22-2)13(25-14)15(20)24-4/h5,7-8H2,1-4H3. The molecule has 1 aromatic rings. The van der Waals surface area contributed by atoms with Gasteiger partial charge in [0.05, 0.1) is 33.3 Å². The number of carbonyl (C=O) groups excluding carboxylic acids is 3. The molecule has 0 aliphatic heterocycles. The van der Waals surface area contributed by atoms with Gasteiger partial charge in [0.15, 0.2) is 0 Å². The lowest BCUT2D eigenvalue weighted by molar-refractivity contribution is -0.140. The van der Waals surface area contributed by atoms with Crippen molar-refractivity contribution in [2.45, 2.75) is 6.42 Å². The third-order valence-corrected chi connectivity index (χ3v) is 4.41. The van der Waals surface area contributed by atoms with Crippen molar-refractivity contribution in [1.82, 2.24) is 0 Å². The van der Waals surface area contributed by atoms with Gasteiger partial charge in [0.25, 0.3) is 0 Å². The Labute approximate surface area is 148 Å². The fourth-order valence-electron chi connectivity index (χ4n) is 1.98. The normalized spacial score (nSPS) is 9.88. The second kappa shape index (κ2) is 9.61. The maximum absolute atomic E-state index is 12.0. The molecule has 0 fully saturated rings. The number of anilines is 1. The Morgan fingerprint density at radius 1 is 1.08 bits per heavy atom. The van der Waals surface area contributed by atoms with E-state index in [1.54, 1.807) is 0 Å². The van der Waals surface area contributed by atoms with E-state index in [-0.39, 0.29) is 35.7 Å². The molecule has 10 heteroatoms. The van der Waals surface area contributed by atoms with E-state index in [0.29, 0.717) is 5.00 Å². The van der Waals surface area contributed by atoms with Gasteiger partial charge in [-0.05, 0) is 0 Å². The van der Waals surface area contributed by atoms with Crippen LogP contribution in [0.4, 0.5) is 5.00 Å². The minimum Gasteiger partial charge on any atom is -0.469 e. The van der Waals surface area contributed by atoms with Crippen molar-refractivity contribution in [3.05, 3.63) is 16.0 Å². The zero-order valence-corrected chi connectivity index (χ0v) is 15.1. The Morgan fingerprint density at radius 2 is 1.72 bits per heavy atom. The molecular formula is C15H18N2O7S. The number of methoxy groups -OCH3 is 4. The maximum Gasteiger partial charge on any atom is 0.348 e. The van der Waals surface area contributed by atoms with Crippen LogP contribution < -0.4 is 4.90 Å². The lowest BCUT2D eigenvalue weighted by Crippen LogP contribution is -2.32. The highest BCUT2D eigenvalue weighted by atomic mass is 32.1. The van der Waals surface area contributed by atoms with Crippen LogP contribution in [0.3, 0.4) is 0 Å². The van der Waals surface area contributed by atoms with Crippen molar-refractivity contribution in [3.63, 3.8) is 0 Å². The second-order valence-electron chi connectivity index (χ2n) is 4.64. The van der Waals surface area contributed by atoms with E-state index in [9.17, 15) is 19.6 Å². The Hall–Kier alpha value is -2.64. The number of hydrogen-bond donors (Lipinski definition) is 0. The van der Waals surface area contributed by atoms with Crippen LogP contribution in [-0.2, 0) is 35.0 Å². The van der Waals surface area contributed by atoms with Crippen LogP contribution in [0.15, 0.2) is 0 Å². The van der Waals surface area contributed by atoms with Crippen molar-refractivity contribution in [3.8, 4) is 6.07 Å². The predicted molar refractivity (Wildman–Crippen MR) is 87.3 cm³/mol. The highest BCUT2D eigenvalue weighted by Crippen LogP contribution is 2.37. The topological polar surface area (TPSA) is 115 Å². The minimum atomic E-state index is -0.693. The predicted octanol–water partition coefficient (Wildman–Crippen LogP) is 0.705. The molecule has 0 saturated heterocycles. The molecule has 0 radical (unpaired) electrons. The first-order valence-corrected chi connectivity index (χ1v) is 7.76. The van der Waals surface area contributed by atoms with Gasteiger partial charge in [0.2, 0.25) is 0 Å². The van der Waals surface area contributed by atoms with Crippen molar-refractivity contribution < 1.29 is 33.3 Å². The fraction of sp³-hybridized carbons (Fsp3) is 0.467. The van der Waals surface area contributed by atoms with Gasteiger partial charge >= 0.3 is 17.9 Å². The first-order chi connectivity index (χ1) is 11.9. The highest BCUT2D eigenvalue weighted by molar-refractivity contribution is 7.18. The lowest BCUT2D eigenvalue weighted by atomic mass is 10.1. The monoisotopic (exact) mass is 370 g/mol. The summed E-state index contributed by atoms with van der Waals surface area (Å²) in [6, 6.07) is 1.97. The molecule has 0 aliphatic carbocycles. The number of thiophene rings is 1. The van der Waals surface area contributed by atoms with Crippen molar-refractivity contribution in [2.75, 3.05) is 46.6 Å². The number of nitriles is 1. The van der Waals surface area contributed by atoms with Crippen LogP contribution in [0.1, 0.15) is 20.8 Å². The molecule has 0 N–H and O–H groups in total. The number of ether oxygens (including phenoxy) is 4. The maximum atomic E-state index is 12.0. The van der Waals surface area contributed by atoms with Crippen LogP contribution in [0, 0.1) is 11.3 Å². The van der Waals surface area contributed by atoms with Gasteiger partial charge in [-0.2, -0.15) is 5.26 Å². The minimum absolute atomic E-state index is 0.0252. The first-order valence-electron chi connectivity index (χ1n) is 6.94. The summed E-state index contributed by atoms with van der Waals surface area (Å²) in [5.74, 6) is -1.86. The first kappa shape index (κ1) is 20.4. The van der Waals surface area contributed by atoms with E-state index >= 15 is 0 Å². The van der Waals surface area contributed by atoms with Crippen molar-refractivity contribution in [1.29, 1.82) is 5.26 Å². The summed E-state index contributed by atoms with van der Waals surface area (Å²) >= 11 is 0.930. The third-order valence-electron chi connectivity index (χ3n) is 3.14. The Morgan fingerprint density at radius 3 is 2.20 bits per heavy atom. The zero-order valence-electron chi connectivity index (χ0n) is 14.3. The summed E-state index contributed by atoms with van der Waals surface area (Å²) in [6.07, 6.45) is -0.278. The summed E-state index contributed by atoms with van der Waals surface area (Å²) in [4.78, 5) is 36.8. The highest BCUT2D eigenvalue weighted by Gasteiger charge is 2.29. The molecule has 136 valence electrons. The van der Waals surface area contributed by atoms with Gasteiger partial charge in [0, 0.05) is 12.7 Å². The van der Waals surface area contributed by atoms with E-state index in [0.717, 1.165) is 11.3 Å². The van der Waals surface area contributed by atoms with Crippen LogP contribution >= 0.6 is 11.3 Å². The molecule has 0 aliphatic rings. The van der Waals surface area contributed by atoms with Crippen molar-refractivity contribution in [2.24, 2.45) is 0 Å². The summed E-state index contributed by atoms with van der Waals surface area (Å²) in [7, 11) is 5.04. The Bertz CT molecular complexity index is 693. The number of carbonyl (C=O) groups is 3. The summed E-state index contributed by atoms with van der Waals surface area (Å²) in [6.45, 7) is -0.222. The lowest BCUT2D eigenvalue weighted by Gasteiger charge is -2.21. The molecule has 0 spiro atoms. The molecule has 0 bridgehead atoms. The number of nitrogens with zero attached hydrogens (tertiary/aromatic N) is 2. The molecular weight excluding hydrogens is 352 g/mol. The van der Waals surface area contributed by atoms with Crippen LogP contribution in [0.2, 0.25) is 0 Å². The largest absolute Gasteiger partial charge is 0.469 e. The molecule has 9 nitrogen and oxygen atoms in total. The van der Waals surface area contributed by atoms with Gasteiger partial charge in [-0.3, -0.25) is 9.59 Å². The van der Waals surface area contributed by atoms with E-state index in [1.165, 1.54) is 33.3 Å². The SMILES string of the molecule is COCN(CC(=O)OC)c1sc(C(=O)OC)c(CC(=O)OC)c1C#N. The average molecular weight is 370 g/mol. The Balaban J connectivity index is 3.47. The number of esters is 3. The molecule has 0 amide bonds. The number of rotatable bonds is 8. The molecule has 0 atom stereocenters. The third kappa shape index (κ3) is 4.91. The van der Waals surface area contributed by atoms with E-state index in [4.69, 9.17) is 9.47 Å². The van der Waals surface area contributed by atoms with Gasteiger partial charge in [0.1, 0.15) is 29.2 Å². The van der Waals surface area contributed by atoms with E-state index in [1.807, 2.05) is 6.07 Å². The van der Waals surface area contributed by atoms with Crippen LogP contribution in [-0.4, -0.2) is 59.6 Å².